The third kappa shape index (κ3) is 5.60. The van der Waals surface area contributed by atoms with Crippen molar-refractivity contribution in [3.8, 4) is 5.75 Å². The molecule has 2 aromatic rings. The van der Waals surface area contributed by atoms with E-state index < -0.39 is 11.9 Å². The molecule has 2 rings (SSSR count). The van der Waals surface area contributed by atoms with Crippen LogP contribution >= 0.6 is 15.9 Å². The third-order valence-electron chi connectivity index (χ3n) is 3.31. The Labute approximate surface area is 160 Å². The van der Waals surface area contributed by atoms with Crippen LogP contribution in [0.2, 0.25) is 0 Å². The van der Waals surface area contributed by atoms with Gasteiger partial charge in [-0.05, 0) is 42.0 Å². The zero-order valence-corrected chi connectivity index (χ0v) is 15.8. The van der Waals surface area contributed by atoms with Crippen molar-refractivity contribution in [3.05, 3.63) is 82.5 Å². The molecule has 0 aliphatic carbocycles. The Morgan fingerprint density at radius 1 is 1.19 bits per heavy atom. The number of carbonyl (C=O) groups excluding carboxylic acids is 2. The molecule has 2 aromatic carbocycles. The first kappa shape index (κ1) is 19.5. The molecule has 0 saturated carbocycles. The summed E-state index contributed by atoms with van der Waals surface area (Å²) in [6, 6.07) is 13.9. The zero-order valence-electron chi connectivity index (χ0n) is 14.2. The van der Waals surface area contributed by atoms with Crippen molar-refractivity contribution >= 4 is 33.9 Å². The molecule has 0 radical (unpaired) electrons. The highest BCUT2D eigenvalue weighted by atomic mass is 79.9. The molecule has 0 unspecified atom stereocenters. The van der Waals surface area contributed by atoms with E-state index in [0.29, 0.717) is 16.9 Å². The van der Waals surface area contributed by atoms with Gasteiger partial charge in [-0.3, -0.25) is 4.79 Å². The molecule has 1 amide bonds. The Bertz CT molecular complexity index is 828. The number of ether oxygens (including phenoxy) is 2. The number of halogens is 1. The Balaban J connectivity index is 2.27. The zero-order chi connectivity index (χ0) is 18.9. The Morgan fingerprint density at radius 2 is 1.92 bits per heavy atom. The summed E-state index contributed by atoms with van der Waals surface area (Å²) in [4.78, 5) is 24.7. The van der Waals surface area contributed by atoms with E-state index in [4.69, 9.17) is 9.47 Å². The SMILES string of the molecule is C=CCOC(=O)/C(=C/c1ccc(OC)cc1)NC(=O)c1cccc(Br)c1. The van der Waals surface area contributed by atoms with Gasteiger partial charge in [0.05, 0.1) is 7.11 Å². The van der Waals surface area contributed by atoms with Crippen LogP contribution in [0.1, 0.15) is 15.9 Å². The smallest absolute Gasteiger partial charge is 0.355 e. The molecule has 0 fully saturated rings. The number of amides is 1. The van der Waals surface area contributed by atoms with E-state index >= 15 is 0 Å². The molecular formula is C20H18BrNO4. The maximum Gasteiger partial charge on any atom is 0.355 e. The van der Waals surface area contributed by atoms with Gasteiger partial charge < -0.3 is 14.8 Å². The van der Waals surface area contributed by atoms with Gasteiger partial charge in [0, 0.05) is 10.0 Å². The average molecular weight is 416 g/mol. The van der Waals surface area contributed by atoms with Crippen molar-refractivity contribution in [2.75, 3.05) is 13.7 Å². The van der Waals surface area contributed by atoms with Gasteiger partial charge in [0.25, 0.3) is 5.91 Å². The van der Waals surface area contributed by atoms with Crippen LogP contribution in [0.5, 0.6) is 5.75 Å². The fourth-order valence-electron chi connectivity index (χ4n) is 2.05. The minimum absolute atomic E-state index is 0.0296. The molecule has 0 saturated heterocycles. The van der Waals surface area contributed by atoms with Crippen molar-refractivity contribution in [2.45, 2.75) is 0 Å². The molecule has 134 valence electrons. The van der Waals surface area contributed by atoms with E-state index in [1.54, 1.807) is 55.7 Å². The Morgan fingerprint density at radius 3 is 2.54 bits per heavy atom. The highest BCUT2D eigenvalue weighted by Gasteiger charge is 2.16. The lowest BCUT2D eigenvalue weighted by Gasteiger charge is -2.10. The number of carbonyl (C=O) groups is 2. The predicted octanol–water partition coefficient (Wildman–Crippen LogP) is 3.96. The number of esters is 1. The van der Waals surface area contributed by atoms with Gasteiger partial charge >= 0.3 is 5.97 Å². The van der Waals surface area contributed by atoms with Crippen LogP contribution < -0.4 is 10.1 Å². The second-order valence-corrected chi connectivity index (χ2v) is 6.10. The number of benzene rings is 2. The van der Waals surface area contributed by atoms with Gasteiger partial charge in [0.1, 0.15) is 18.1 Å². The number of nitrogens with one attached hydrogen (secondary N) is 1. The summed E-state index contributed by atoms with van der Waals surface area (Å²) in [5, 5.41) is 2.61. The molecule has 5 nitrogen and oxygen atoms in total. The van der Waals surface area contributed by atoms with Gasteiger partial charge in [-0.25, -0.2) is 4.79 Å². The maximum absolute atomic E-state index is 12.5. The van der Waals surface area contributed by atoms with E-state index in [1.165, 1.54) is 6.08 Å². The lowest BCUT2D eigenvalue weighted by molar-refractivity contribution is -0.138. The van der Waals surface area contributed by atoms with E-state index in [9.17, 15) is 9.59 Å². The Hall–Kier alpha value is -2.86. The summed E-state index contributed by atoms with van der Waals surface area (Å²) in [5.41, 5.74) is 1.16. The summed E-state index contributed by atoms with van der Waals surface area (Å²) < 4.78 is 10.9. The van der Waals surface area contributed by atoms with E-state index in [0.717, 1.165) is 4.47 Å². The number of methoxy groups -OCH3 is 1. The van der Waals surface area contributed by atoms with Crippen LogP contribution in [0.25, 0.3) is 6.08 Å². The normalized spacial score (nSPS) is 10.8. The molecule has 0 aliphatic rings. The minimum atomic E-state index is -0.649. The standard InChI is InChI=1S/C20H18BrNO4/c1-3-11-26-20(24)18(12-14-7-9-17(25-2)10-8-14)22-19(23)15-5-4-6-16(21)13-15/h3-10,12-13H,1,11H2,2H3,(H,22,23)/b18-12-. The summed E-state index contributed by atoms with van der Waals surface area (Å²) in [7, 11) is 1.57. The molecule has 0 aromatic heterocycles. The molecule has 0 atom stereocenters. The summed E-state index contributed by atoms with van der Waals surface area (Å²) in [6.45, 7) is 3.56. The molecule has 6 heteroatoms. The molecule has 0 bridgehead atoms. The second-order valence-electron chi connectivity index (χ2n) is 5.18. The van der Waals surface area contributed by atoms with E-state index in [-0.39, 0.29) is 12.3 Å². The Kier molecular flexibility index (Phi) is 7.17. The quantitative estimate of drug-likeness (QED) is 0.422. The predicted molar refractivity (Wildman–Crippen MR) is 104 cm³/mol. The highest BCUT2D eigenvalue weighted by molar-refractivity contribution is 9.10. The van der Waals surface area contributed by atoms with Gasteiger partial charge in [-0.1, -0.05) is 46.8 Å². The fourth-order valence-corrected chi connectivity index (χ4v) is 2.45. The van der Waals surface area contributed by atoms with Gasteiger partial charge in [0.2, 0.25) is 0 Å². The number of hydrogen-bond acceptors (Lipinski definition) is 4. The molecule has 0 heterocycles. The van der Waals surface area contributed by atoms with Gasteiger partial charge in [-0.2, -0.15) is 0 Å². The lowest BCUT2D eigenvalue weighted by Crippen LogP contribution is -2.28. The minimum Gasteiger partial charge on any atom is -0.497 e. The highest BCUT2D eigenvalue weighted by Crippen LogP contribution is 2.15. The maximum atomic E-state index is 12.5. The molecule has 0 spiro atoms. The average Bonchev–Trinajstić information content (AvgIpc) is 2.66. The van der Waals surface area contributed by atoms with Crippen LogP contribution in [0.15, 0.2) is 71.4 Å². The van der Waals surface area contributed by atoms with Crippen LogP contribution in [0, 0.1) is 0 Å². The first-order chi connectivity index (χ1) is 12.5. The third-order valence-corrected chi connectivity index (χ3v) is 3.81. The first-order valence-electron chi connectivity index (χ1n) is 7.74. The van der Waals surface area contributed by atoms with Crippen LogP contribution in [-0.2, 0) is 9.53 Å². The van der Waals surface area contributed by atoms with Crippen molar-refractivity contribution < 1.29 is 19.1 Å². The van der Waals surface area contributed by atoms with Crippen LogP contribution in [0.4, 0.5) is 0 Å². The van der Waals surface area contributed by atoms with Crippen molar-refractivity contribution in [1.29, 1.82) is 0 Å². The lowest BCUT2D eigenvalue weighted by atomic mass is 10.1. The van der Waals surface area contributed by atoms with Crippen molar-refractivity contribution in [3.63, 3.8) is 0 Å². The van der Waals surface area contributed by atoms with E-state index in [1.807, 2.05) is 6.07 Å². The van der Waals surface area contributed by atoms with E-state index in [2.05, 4.69) is 27.8 Å². The van der Waals surface area contributed by atoms with Crippen molar-refractivity contribution in [2.24, 2.45) is 0 Å². The van der Waals surface area contributed by atoms with Gasteiger partial charge in [-0.15, -0.1) is 0 Å². The van der Waals surface area contributed by atoms with Gasteiger partial charge in [0.15, 0.2) is 0 Å². The monoisotopic (exact) mass is 415 g/mol. The molecular weight excluding hydrogens is 398 g/mol. The van der Waals surface area contributed by atoms with Crippen molar-refractivity contribution in [1.82, 2.24) is 5.32 Å². The summed E-state index contributed by atoms with van der Waals surface area (Å²) >= 11 is 3.32. The molecule has 26 heavy (non-hydrogen) atoms. The second kappa shape index (κ2) is 9.58. The fraction of sp³-hybridized carbons (Fsp3) is 0.100. The molecule has 0 aliphatic heterocycles. The topological polar surface area (TPSA) is 64.6 Å². The first-order valence-corrected chi connectivity index (χ1v) is 8.53. The van der Waals surface area contributed by atoms with Crippen LogP contribution in [-0.4, -0.2) is 25.6 Å². The number of rotatable bonds is 7. The van der Waals surface area contributed by atoms with Crippen LogP contribution in [0.3, 0.4) is 0 Å². The summed E-state index contributed by atoms with van der Waals surface area (Å²) in [6.07, 6.45) is 3.00. The summed E-state index contributed by atoms with van der Waals surface area (Å²) in [5.74, 6) is -0.373. The largest absolute Gasteiger partial charge is 0.497 e. The molecule has 1 N–H and O–H groups in total. The number of hydrogen-bond donors (Lipinski definition) is 1.